The number of aromatic nitrogens is 2. The van der Waals surface area contributed by atoms with E-state index in [0.29, 0.717) is 24.5 Å². The Morgan fingerprint density at radius 2 is 1.92 bits per heavy atom. The molecular weight excluding hydrogens is 352 g/mol. The third kappa shape index (κ3) is 3.21. The molecule has 1 fully saturated rings. The van der Waals surface area contributed by atoms with Crippen LogP contribution in [0.1, 0.15) is 6.42 Å². The number of anilines is 1. The van der Waals surface area contributed by atoms with Crippen molar-refractivity contribution in [2.45, 2.75) is 6.42 Å². The molecule has 1 aliphatic heterocycles. The van der Waals surface area contributed by atoms with Crippen LogP contribution in [0.25, 0.3) is 22.4 Å². The second-order valence-electron chi connectivity index (χ2n) is 6.20. The Morgan fingerprint density at radius 3 is 2.69 bits per heavy atom. The molecule has 1 aromatic heterocycles. The molecule has 7 nitrogen and oxygen atoms in total. The minimum atomic E-state index is -3.30. The van der Waals surface area contributed by atoms with Gasteiger partial charge in [0.2, 0.25) is 15.9 Å². The molecule has 134 valence electrons. The van der Waals surface area contributed by atoms with E-state index in [1.54, 1.807) is 6.07 Å². The summed E-state index contributed by atoms with van der Waals surface area (Å²) in [5, 5.41) is 2.81. The summed E-state index contributed by atoms with van der Waals surface area (Å²) in [6.07, 6.45) is 0.561. The van der Waals surface area contributed by atoms with Gasteiger partial charge in [0.25, 0.3) is 0 Å². The third-order valence-electron chi connectivity index (χ3n) is 4.37. The summed E-state index contributed by atoms with van der Waals surface area (Å²) >= 11 is 0. The molecule has 0 aliphatic carbocycles. The SMILES string of the molecule is O=C(CN1CCCS1(=O)=O)Nc1ccccc1-c1nc2ccccc2[nH]1. The van der Waals surface area contributed by atoms with Gasteiger partial charge in [-0.1, -0.05) is 24.3 Å². The lowest BCUT2D eigenvalue weighted by Gasteiger charge is -2.15. The molecule has 0 saturated carbocycles. The topological polar surface area (TPSA) is 95.2 Å². The number of benzene rings is 2. The minimum Gasteiger partial charge on any atom is -0.338 e. The predicted molar refractivity (Wildman–Crippen MR) is 100 cm³/mol. The van der Waals surface area contributed by atoms with Crippen molar-refractivity contribution in [3.63, 3.8) is 0 Å². The average Bonchev–Trinajstić information content (AvgIpc) is 3.18. The van der Waals surface area contributed by atoms with E-state index >= 15 is 0 Å². The highest BCUT2D eigenvalue weighted by atomic mass is 32.2. The van der Waals surface area contributed by atoms with Crippen LogP contribution < -0.4 is 5.32 Å². The van der Waals surface area contributed by atoms with Crippen LogP contribution in [0.2, 0.25) is 0 Å². The number of nitrogens with one attached hydrogen (secondary N) is 2. The Kier molecular flexibility index (Phi) is 4.21. The van der Waals surface area contributed by atoms with Gasteiger partial charge >= 0.3 is 0 Å². The van der Waals surface area contributed by atoms with E-state index in [9.17, 15) is 13.2 Å². The largest absolute Gasteiger partial charge is 0.338 e. The molecule has 1 saturated heterocycles. The van der Waals surface area contributed by atoms with Crippen LogP contribution in [0.15, 0.2) is 48.5 Å². The number of amides is 1. The van der Waals surface area contributed by atoms with Gasteiger partial charge in [0.15, 0.2) is 0 Å². The van der Waals surface area contributed by atoms with E-state index in [4.69, 9.17) is 0 Å². The summed E-state index contributed by atoms with van der Waals surface area (Å²) in [7, 11) is -3.30. The van der Waals surface area contributed by atoms with Gasteiger partial charge in [-0.05, 0) is 30.7 Å². The molecule has 2 heterocycles. The number of nitrogens with zero attached hydrogens (tertiary/aromatic N) is 2. The summed E-state index contributed by atoms with van der Waals surface area (Å²) in [5.74, 6) is 0.394. The number of hydrogen-bond acceptors (Lipinski definition) is 4. The monoisotopic (exact) mass is 370 g/mol. The number of H-pyrrole nitrogens is 1. The van der Waals surface area contributed by atoms with E-state index in [0.717, 1.165) is 16.6 Å². The number of para-hydroxylation sites is 3. The van der Waals surface area contributed by atoms with Crippen molar-refractivity contribution in [2.24, 2.45) is 0 Å². The van der Waals surface area contributed by atoms with Crippen molar-refractivity contribution in [1.29, 1.82) is 0 Å². The van der Waals surface area contributed by atoms with E-state index in [2.05, 4.69) is 15.3 Å². The summed E-state index contributed by atoms with van der Waals surface area (Å²) in [4.78, 5) is 20.2. The first-order chi connectivity index (χ1) is 12.5. The highest BCUT2D eigenvalue weighted by Gasteiger charge is 2.29. The number of imidazole rings is 1. The zero-order valence-corrected chi connectivity index (χ0v) is 14.8. The predicted octanol–water partition coefficient (Wildman–Crippen LogP) is 2.20. The van der Waals surface area contributed by atoms with E-state index in [-0.39, 0.29) is 18.2 Å². The molecule has 8 heteroatoms. The Hall–Kier alpha value is -2.71. The molecule has 0 spiro atoms. The van der Waals surface area contributed by atoms with Gasteiger partial charge in [-0.25, -0.2) is 13.4 Å². The molecule has 1 amide bonds. The van der Waals surface area contributed by atoms with E-state index in [1.165, 1.54) is 4.31 Å². The van der Waals surface area contributed by atoms with Gasteiger partial charge < -0.3 is 10.3 Å². The molecule has 0 atom stereocenters. The van der Waals surface area contributed by atoms with Crippen molar-refractivity contribution < 1.29 is 13.2 Å². The molecule has 26 heavy (non-hydrogen) atoms. The molecule has 0 unspecified atom stereocenters. The van der Waals surface area contributed by atoms with Gasteiger partial charge in [0.05, 0.1) is 29.0 Å². The number of carbonyl (C=O) groups excluding carboxylic acids is 1. The molecule has 1 aliphatic rings. The lowest BCUT2D eigenvalue weighted by atomic mass is 10.1. The van der Waals surface area contributed by atoms with Crippen molar-refractivity contribution >= 4 is 32.7 Å². The summed E-state index contributed by atoms with van der Waals surface area (Å²) < 4.78 is 25.0. The van der Waals surface area contributed by atoms with Crippen molar-refractivity contribution in [2.75, 3.05) is 24.2 Å². The lowest BCUT2D eigenvalue weighted by molar-refractivity contribution is -0.116. The Morgan fingerprint density at radius 1 is 1.15 bits per heavy atom. The maximum atomic E-state index is 12.4. The minimum absolute atomic E-state index is 0.107. The molecule has 2 N–H and O–H groups in total. The number of rotatable bonds is 4. The fourth-order valence-electron chi connectivity index (χ4n) is 3.10. The molecule has 0 radical (unpaired) electrons. The van der Waals surface area contributed by atoms with Crippen LogP contribution in [-0.2, 0) is 14.8 Å². The first-order valence-electron chi connectivity index (χ1n) is 8.35. The van der Waals surface area contributed by atoms with Crippen LogP contribution in [-0.4, -0.2) is 47.4 Å². The zero-order valence-electron chi connectivity index (χ0n) is 14.0. The van der Waals surface area contributed by atoms with Crippen LogP contribution in [0, 0.1) is 0 Å². The van der Waals surface area contributed by atoms with Gasteiger partial charge in [-0.15, -0.1) is 0 Å². The Balaban J connectivity index is 1.59. The van der Waals surface area contributed by atoms with Crippen molar-refractivity contribution in [1.82, 2.24) is 14.3 Å². The van der Waals surface area contributed by atoms with Gasteiger partial charge in [-0.3, -0.25) is 4.79 Å². The maximum Gasteiger partial charge on any atom is 0.239 e. The highest BCUT2D eigenvalue weighted by molar-refractivity contribution is 7.89. The van der Waals surface area contributed by atoms with Crippen molar-refractivity contribution in [3.05, 3.63) is 48.5 Å². The van der Waals surface area contributed by atoms with Crippen LogP contribution in [0.4, 0.5) is 5.69 Å². The zero-order chi connectivity index (χ0) is 18.1. The molecule has 0 bridgehead atoms. The van der Waals surface area contributed by atoms with E-state index in [1.807, 2.05) is 42.5 Å². The maximum absolute atomic E-state index is 12.4. The molecule has 3 aromatic rings. The number of carbonyl (C=O) groups is 1. The molecule has 2 aromatic carbocycles. The highest BCUT2D eigenvalue weighted by Crippen LogP contribution is 2.27. The number of fused-ring (bicyclic) bond motifs is 1. The smallest absolute Gasteiger partial charge is 0.239 e. The number of hydrogen-bond donors (Lipinski definition) is 2. The van der Waals surface area contributed by atoms with Gasteiger partial charge in [-0.2, -0.15) is 4.31 Å². The van der Waals surface area contributed by atoms with Crippen LogP contribution in [0.5, 0.6) is 0 Å². The fraction of sp³-hybridized carbons (Fsp3) is 0.222. The van der Waals surface area contributed by atoms with Crippen LogP contribution in [0.3, 0.4) is 0 Å². The summed E-state index contributed by atoms with van der Waals surface area (Å²) in [6, 6.07) is 15.0. The third-order valence-corrected chi connectivity index (χ3v) is 6.27. The number of aromatic amines is 1. The van der Waals surface area contributed by atoms with E-state index < -0.39 is 10.0 Å². The van der Waals surface area contributed by atoms with Gasteiger partial charge in [0, 0.05) is 12.1 Å². The molecular formula is C18H18N4O3S. The quantitative estimate of drug-likeness (QED) is 0.736. The first kappa shape index (κ1) is 16.7. The second kappa shape index (κ2) is 6.54. The normalized spacial score (nSPS) is 16.8. The summed E-state index contributed by atoms with van der Waals surface area (Å²) in [6.45, 7) is 0.220. The Bertz CT molecular complexity index is 1040. The first-order valence-corrected chi connectivity index (χ1v) is 9.96. The average molecular weight is 370 g/mol. The Labute approximate surface area is 151 Å². The van der Waals surface area contributed by atoms with Gasteiger partial charge in [0.1, 0.15) is 5.82 Å². The van der Waals surface area contributed by atoms with Crippen LogP contribution >= 0.6 is 0 Å². The lowest BCUT2D eigenvalue weighted by Crippen LogP contribution is -2.34. The van der Waals surface area contributed by atoms with Crippen molar-refractivity contribution in [3.8, 4) is 11.4 Å². The number of sulfonamides is 1. The fourth-order valence-corrected chi connectivity index (χ4v) is 4.57. The molecule has 4 rings (SSSR count). The summed E-state index contributed by atoms with van der Waals surface area (Å²) in [5.41, 5.74) is 3.09. The second-order valence-corrected chi connectivity index (χ2v) is 8.29. The standard InChI is InChI=1S/C18H18N4O3S/c23-17(12-22-10-5-11-26(22,24)25)19-14-7-2-1-6-13(14)18-20-15-8-3-4-9-16(15)21-18/h1-4,6-9H,5,10-12H2,(H,19,23)(H,20,21).